The number of rotatable bonds is 14. The molecule has 0 aromatic heterocycles. The van der Waals surface area contributed by atoms with E-state index in [4.69, 9.17) is 68.9 Å². The SMILES string of the molecule is CN[C@@H](CC(C)C)C(=O)N[C@H]1C(=O)N[C@@H](CC(N)=O)C(=O)N[C@H]2C(=O)N[C@H]3C(=O)N[C@H](C(=O)N[C@@H](C(=O)O)c4cc(O)cc(O)c4-c4cc3ccc4O)[C@H](O)c3ccc(c(Cl)c3)Oc3cc2cc(c3OC2OC(CNN)C(O)C(O)C2OC2CC(C)(N)C(O)C(C)O2)Oc2ccc(cc2Cl)[C@H]1O. The van der Waals surface area contributed by atoms with Crippen molar-refractivity contribution in [2.75, 3.05) is 13.6 Å². The van der Waals surface area contributed by atoms with E-state index in [9.17, 15) is 69.9 Å². The number of carbonyl (C=O) groups excluding carboxylic acids is 7. The van der Waals surface area contributed by atoms with Gasteiger partial charge in [-0.1, -0.05) is 55.2 Å². The molecule has 11 bridgehead atoms. The first-order chi connectivity index (χ1) is 48.2. The lowest BCUT2D eigenvalue weighted by atomic mass is 9.86. The van der Waals surface area contributed by atoms with Crippen LogP contribution in [0.4, 0.5) is 0 Å². The summed E-state index contributed by atoms with van der Waals surface area (Å²) in [5.41, 5.74) is 10.5. The highest BCUT2D eigenvalue weighted by Crippen LogP contribution is 2.50. The lowest BCUT2D eigenvalue weighted by Gasteiger charge is -2.47. The van der Waals surface area contributed by atoms with Crippen molar-refractivity contribution >= 4 is 70.5 Å². The summed E-state index contributed by atoms with van der Waals surface area (Å²) in [7, 11) is 1.48. The van der Waals surface area contributed by atoms with E-state index in [-0.39, 0.29) is 58.5 Å². The van der Waals surface area contributed by atoms with Gasteiger partial charge >= 0.3 is 5.97 Å². The fraction of sp³-hybridized carbons (Fsp3) is 0.424. The summed E-state index contributed by atoms with van der Waals surface area (Å²) in [5, 5.41) is 120. The Labute approximate surface area is 590 Å². The van der Waals surface area contributed by atoms with Gasteiger partial charge in [0.25, 0.3) is 0 Å². The Morgan fingerprint density at radius 1 is 0.716 bits per heavy atom. The van der Waals surface area contributed by atoms with Gasteiger partial charge in [0.15, 0.2) is 29.9 Å². The fourth-order valence-electron chi connectivity index (χ4n) is 12.6. The van der Waals surface area contributed by atoms with Crippen molar-refractivity contribution in [3.63, 3.8) is 0 Å². The summed E-state index contributed by atoms with van der Waals surface area (Å²) < 4.78 is 38.8. The van der Waals surface area contributed by atoms with Crippen LogP contribution in [0.5, 0.6) is 46.0 Å². The van der Waals surface area contributed by atoms with Gasteiger partial charge in [0.05, 0.1) is 34.7 Å². The smallest absolute Gasteiger partial charge is 0.330 e. The molecule has 23 N–H and O–H groups in total. The van der Waals surface area contributed by atoms with Crippen LogP contribution in [0.1, 0.15) is 105 Å². The zero-order chi connectivity index (χ0) is 74.2. The third-order valence-electron chi connectivity index (χ3n) is 17.9. The van der Waals surface area contributed by atoms with E-state index >= 15 is 14.4 Å². The minimum Gasteiger partial charge on any atom is -0.508 e. The number of fused-ring (bicyclic) bond motifs is 15. The molecule has 18 atom stereocenters. The van der Waals surface area contributed by atoms with Gasteiger partial charge in [-0.05, 0) is 110 Å². The molecule has 36 heteroatoms. The van der Waals surface area contributed by atoms with Gasteiger partial charge in [-0.25, -0.2) is 4.79 Å². The maximum atomic E-state index is 16.1. The number of aliphatic carboxylic acids is 1. The zero-order valence-electron chi connectivity index (χ0n) is 55.0. The first-order valence-corrected chi connectivity index (χ1v) is 32.7. The minimum atomic E-state index is -2.33. The Morgan fingerprint density at radius 3 is 1.91 bits per heavy atom. The van der Waals surface area contributed by atoms with Crippen LogP contribution in [0.25, 0.3) is 11.1 Å². The van der Waals surface area contributed by atoms with Crippen molar-refractivity contribution in [2.24, 2.45) is 23.2 Å². The number of carbonyl (C=O) groups is 8. The van der Waals surface area contributed by atoms with Crippen LogP contribution in [0.15, 0.2) is 78.9 Å². The Morgan fingerprint density at radius 2 is 1.32 bits per heavy atom. The molecule has 7 amide bonds. The van der Waals surface area contributed by atoms with Gasteiger partial charge in [-0.15, -0.1) is 0 Å². The van der Waals surface area contributed by atoms with E-state index in [0.29, 0.717) is 0 Å². The molecule has 5 aromatic rings. The van der Waals surface area contributed by atoms with Crippen LogP contribution < -0.4 is 74.2 Å². The van der Waals surface area contributed by atoms with Crippen LogP contribution in [0.2, 0.25) is 10.0 Å². The molecule has 0 saturated carbocycles. The lowest BCUT2D eigenvalue weighted by molar-refractivity contribution is -0.330. The molecule has 7 heterocycles. The predicted octanol–water partition coefficient (Wildman–Crippen LogP) is -0.423. The molecule has 7 aliphatic rings. The van der Waals surface area contributed by atoms with E-state index < -0.39 is 225 Å². The topological polar surface area (TPSA) is 548 Å². The largest absolute Gasteiger partial charge is 0.508 e. The van der Waals surface area contributed by atoms with Crippen molar-refractivity contribution in [2.45, 2.75) is 156 Å². The van der Waals surface area contributed by atoms with Crippen LogP contribution in [-0.2, 0) is 52.6 Å². The third kappa shape index (κ3) is 16.0. The Bertz CT molecular complexity index is 4100. The third-order valence-corrected chi connectivity index (χ3v) is 18.5. The fourth-order valence-corrected chi connectivity index (χ4v) is 13.1. The molecular formula is C66H77Cl2N11O23. The molecule has 2 saturated heterocycles. The molecule has 5 aromatic carbocycles. The number of carboxylic acids is 1. The number of ether oxygens (including phenoxy) is 6. The molecule has 0 spiro atoms. The van der Waals surface area contributed by atoms with E-state index in [1.54, 1.807) is 0 Å². The number of primary amides is 1. The second-order valence-electron chi connectivity index (χ2n) is 25.9. The van der Waals surface area contributed by atoms with Crippen LogP contribution >= 0.6 is 23.2 Å². The molecule has 9 unspecified atom stereocenters. The number of nitrogens with two attached hydrogens (primary N) is 3. The molecule has 7 aliphatic heterocycles. The van der Waals surface area contributed by atoms with Gasteiger partial charge in [-0.2, -0.15) is 0 Å². The highest BCUT2D eigenvalue weighted by Gasteiger charge is 2.51. The Kier molecular flexibility index (Phi) is 22.7. The van der Waals surface area contributed by atoms with E-state index in [0.717, 1.165) is 66.7 Å². The first kappa shape index (κ1) is 75.4. The Hall–Kier alpha value is -9.24. The maximum absolute atomic E-state index is 16.1. The van der Waals surface area contributed by atoms with Gasteiger partial charge in [0.1, 0.15) is 89.5 Å². The van der Waals surface area contributed by atoms with Crippen molar-refractivity contribution in [3.8, 4) is 57.1 Å². The molecule has 0 radical (unpaired) electrons. The van der Waals surface area contributed by atoms with Crippen molar-refractivity contribution in [3.05, 3.63) is 117 Å². The summed E-state index contributed by atoms with van der Waals surface area (Å²) >= 11 is 14.2. The highest BCUT2D eigenvalue weighted by atomic mass is 35.5. The number of hydrogen-bond donors (Lipinski definition) is 20. The summed E-state index contributed by atoms with van der Waals surface area (Å²) in [6.07, 6.45) is -18.0. The molecule has 2 fully saturated rings. The number of phenols is 3. The first-order valence-electron chi connectivity index (χ1n) is 31.9. The number of aliphatic hydroxyl groups excluding tert-OH is 5. The summed E-state index contributed by atoms with van der Waals surface area (Å²) in [5.74, 6) is -10.0. The van der Waals surface area contributed by atoms with Gasteiger partial charge < -0.3 is 123 Å². The van der Waals surface area contributed by atoms with Gasteiger partial charge in [0.2, 0.25) is 53.4 Å². The monoisotopic (exact) mass is 1460 g/mol. The van der Waals surface area contributed by atoms with Crippen LogP contribution in [0, 0.1) is 5.92 Å². The number of halogens is 2. The van der Waals surface area contributed by atoms with Crippen molar-refractivity contribution in [1.82, 2.24) is 42.6 Å². The number of hydrazine groups is 1. The van der Waals surface area contributed by atoms with E-state index in [2.05, 4.69) is 42.6 Å². The zero-order valence-corrected chi connectivity index (χ0v) is 56.5. The number of hydrogen-bond acceptors (Lipinski definition) is 26. The maximum Gasteiger partial charge on any atom is 0.330 e. The second-order valence-corrected chi connectivity index (χ2v) is 26.8. The lowest BCUT2D eigenvalue weighted by Crippen LogP contribution is -2.65. The molecule has 12 rings (SSSR count). The van der Waals surface area contributed by atoms with Crippen molar-refractivity contribution < 1.29 is 113 Å². The minimum absolute atomic E-state index is 0.0948. The van der Waals surface area contributed by atoms with Gasteiger partial charge in [-0.3, -0.25) is 44.8 Å². The molecule has 34 nitrogen and oxygen atoms in total. The summed E-state index contributed by atoms with van der Waals surface area (Å²) in [6.45, 7) is 6.29. The number of aliphatic hydroxyl groups is 5. The van der Waals surface area contributed by atoms with Crippen LogP contribution in [0.3, 0.4) is 0 Å². The number of nitrogens with one attached hydrogen (secondary N) is 8. The molecule has 548 valence electrons. The average molecular weight is 1460 g/mol. The van der Waals surface area contributed by atoms with E-state index in [1.165, 1.54) is 33.0 Å². The number of likely N-dealkylation sites (N-methyl/N-ethyl adjacent to an activating group) is 1. The molecule has 102 heavy (non-hydrogen) atoms. The highest BCUT2D eigenvalue weighted by molar-refractivity contribution is 6.32. The van der Waals surface area contributed by atoms with Crippen molar-refractivity contribution in [1.29, 1.82) is 0 Å². The van der Waals surface area contributed by atoms with Gasteiger partial charge in [0, 0.05) is 41.3 Å². The average Bonchev–Trinajstić information content (AvgIpc) is 0.768. The number of carboxylic acid groups (broad SMARTS) is 1. The number of amides is 7. The standard InChI is InChI=1S/C66H77Cl2N11O23/c1-23(2)12-34(72-5)58(89)78-49-51(84)26-7-10-38(32(67)14-26)98-40-16-28-17-41(55(40)102-65-56(54(87)53(86)42(100-65)22-73-71)101-44-21-66(4,70)57(88)24(3)97-44)99-39-11-8-27(15-33(39)68)52(85)50-63(94)77-48(64(95)96)31-18-29(80)19-37(82)45(31)30-13-25(6-9-36(30)81)46(60(91)79-50)76-61(92)47(28)75-59(90)35(20-43(69)83)74-62(49)93/h6-11,13-19,23-24,34-35,42,44,46-54,56-57,65,72-73,80-82,84-88H,12,20-22,70-71H2,1-5H3,(H2,69,83)(H,74,93)(H,75,90)(H,76,92)(H,77,94)(H,78,89)(H,79,91)(H,95,96)/t24?,34-,35-,42?,44?,46+,47+,48+,49+,50-,51+,52+,53?,54?,56?,57?,65?,66?/m0/s1. The predicted molar refractivity (Wildman–Crippen MR) is 354 cm³/mol. The Balaban J connectivity index is 1.24. The van der Waals surface area contributed by atoms with E-state index in [1.807, 2.05) is 13.8 Å². The molecule has 0 aliphatic carbocycles. The second kappa shape index (κ2) is 30.8. The van der Waals surface area contributed by atoms with Crippen LogP contribution in [-0.4, -0.2) is 186 Å². The number of phenolic OH excluding ortho intramolecular Hbond substituents is 3. The summed E-state index contributed by atoms with van der Waals surface area (Å²) in [4.78, 5) is 117. The molecular weight excluding hydrogens is 1390 g/mol. The summed E-state index contributed by atoms with van der Waals surface area (Å²) in [6, 6.07) is -0.485. The normalized spacial score (nSPS) is 29.3. The number of aromatic hydroxyl groups is 3. The number of benzene rings is 5. The quantitative estimate of drug-likeness (QED) is 0.0496.